The molecule has 1 nitrogen and oxygen atoms in total. The molecule has 0 bridgehead atoms. The first kappa shape index (κ1) is 12.9. The van der Waals surface area contributed by atoms with Crippen molar-refractivity contribution in [3.63, 3.8) is 0 Å². The van der Waals surface area contributed by atoms with Crippen molar-refractivity contribution in [1.82, 2.24) is 5.32 Å². The first-order valence-electron chi connectivity index (χ1n) is 4.00. The number of rotatable bonds is 5. The molecule has 0 radical (unpaired) electrons. The SMILES string of the molecule is CCCCCNC(C)C.Cl. The molecular formula is C8H20ClN. The summed E-state index contributed by atoms with van der Waals surface area (Å²) in [6.07, 6.45) is 4.01. The van der Waals surface area contributed by atoms with Gasteiger partial charge in [0.25, 0.3) is 0 Å². The summed E-state index contributed by atoms with van der Waals surface area (Å²) in [6, 6.07) is 0.654. The second-order valence-electron chi connectivity index (χ2n) is 2.82. The Hall–Kier alpha value is 0.250. The normalized spacial score (nSPS) is 9.60. The largest absolute Gasteiger partial charge is 0.315 e. The minimum atomic E-state index is 0. The fourth-order valence-electron chi connectivity index (χ4n) is 0.766. The second-order valence-corrected chi connectivity index (χ2v) is 2.82. The van der Waals surface area contributed by atoms with Gasteiger partial charge in [-0.15, -0.1) is 12.4 Å². The van der Waals surface area contributed by atoms with Crippen molar-refractivity contribution in [3.05, 3.63) is 0 Å². The number of unbranched alkanes of at least 4 members (excludes halogenated alkanes) is 2. The van der Waals surface area contributed by atoms with Crippen LogP contribution in [0.2, 0.25) is 0 Å². The quantitative estimate of drug-likeness (QED) is 0.618. The predicted octanol–water partition coefficient (Wildman–Crippen LogP) is 2.60. The van der Waals surface area contributed by atoms with Gasteiger partial charge in [0, 0.05) is 6.04 Å². The third-order valence-corrected chi connectivity index (χ3v) is 1.33. The monoisotopic (exact) mass is 165 g/mol. The van der Waals surface area contributed by atoms with Gasteiger partial charge >= 0.3 is 0 Å². The fraction of sp³-hybridized carbons (Fsp3) is 1.00. The molecule has 0 aromatic carbocycles. The maximum absolute atomic E-state index is 3.38. The Bertz CT molecular complexity index is 55.2. The van der Waals surface area contributed by atoms with Crippen LogP contribution in [-0.2, 0) is 0 Å². The third kappa shape index (κ3) is 11.1. The molecule has 0 aliphatic carbocycles. The highest BCUT2D eigenvalue weighted by Crippen LogP contribution is 1.91. The molecule has 0 aromatic heterocycles. The molecule has 64 valence electrons. The maximum Gasteiger partial charge on any atom is 0.00103 e. The van der Waals surface area contributed by atoms with E-state index in [4.69, 9.17) is 0 Å². The summed E-state index contributed by atoms with van der Waals surface area (Å²) in [5.74, 6) is 0. The minimum absolute atomic E-state index is 0. The molecule has 0 saturated carbocycles. The second kappa shape index (κ2) is 9.25. The standard InChI is InChI=1S/C8H19N.ClH/c1-4-5-6-7-9-8(2)3;/h8-9H,4-7H2,1-3H3;1H. The van der Waals surface area contributed by atoms with Crippen molar-refractivity contribution < 1.29 is 0 Å². The minimum Gasteiger partial charge on any atom is -0.315 e. The maximum atomic E-state index is 3.38. The third-order valence-electron chi connectivity index (χ3n) is 1.33. The molecule has 0 aliphatic heterocycles. The van der Waals surface area contributed by atoms with Crippen molar-refractivity contribution in [2.24, 2.45) is 0 Å². The van der Waals surface area contributed by atoms with Gasteiger partial charge in [-0.1, -0.05) is 33.6 Å². The number of hydrogen-bond donors (Lipinski definition) is 1. The number of halogens is 1. The highest BCUT2D eigenvalue weighted by Gasteiger charge is 1.89. The molecule has 0 rings (SSSR count). The first-order chi connectivity index (χ1) is 4.27. The van der Waals surface area contributed by atoms with Crippen LogP contribution in [0.3, 0.4) is 0 Å². The Balaban J connectivity index is 0. The zero-order valence-electron chi connectivity index (χ0n) is 7.31. The van der Waals surface area contributed by atoms with Gasteiger partial charge in [0.2, 0.25) is 0 Å². The molecule has 2 heteroatoms. The Morgan fingerprint density at radius 1 is 1.20 bits per heavy atom. The molecule has 0 aliphatic rings. The van der Waals surface area contributed by atoms with E-state index in [0.717, 1.165) is 0 Å². The van der Waals surface area contributed by atoms with E-state index in [1.54, 1.807) is 0 Å². The van der Waals surface area contributed by atoms with Gasteiger partial charge in [0.05, 0.1) is 0 Å². The van der Waals surface area contributed by atoms with Crippen LogP contribution in [0.5, 0.6) is 0 Å². The van der Waals surface area contributed by atoms with Crippen molar-refractivity contribution in [2.75, 3.05) is 6.54 Å². The molecule has 0 fully saturated rings. The Kier molecular flexibility index (Phi) is 11.9. The Morgan fingerprint density at radius 3 is 2.20 bits per heavy atom. The van der Waals surface area contributed by atoms with Crippen LogP contribution in [0.25, 0.3) is 0 Å². The van der Waals surface area contributed by atoms with Crippen molar-refractivity contribution in [2.45, 2.75) is 46.1 Å². The van der Waals surface area contributed by atoms with Crippen molar-refractivity contribution >= 4 is 12.4 Å². The topological polar surface area (TPSA) is 12.0 Å². The Labute approximate surface area is 71.0 Å². The average molecular weight is 166 g/mol. The lowest BCUT2D eigenvalue weighted by molar-refractivity contribution is 0.555. The summed E-state index contributed by atoms with van der Waals surface area (Å²) >= 11 is 0. The summed E-state index contributed by atoms with van der Waals surface area (Å²) in [7, 11) is 0. The van der Waals surface area contributed by atoms with Crippen LogP contribution in [0.4, 0.5) is 0 Å². The van der Waals surface area contributed by atoms with Crippen LogP contribution < -0.4 is 5.32 Å². The summed E-state index contributed by atoms with van der Waals surface area (Å²) < 4.78 is 0. The molecule has 10 heavy (non-hydrogen) atoms. The van der Waals surface area contributed by atoms with Gasteiger partial charge in [0.15, 0.2) is 0 Å². The lowest BCUT2D eigenvalue weighted by Crippen LogP contribution is -2.23. The summed E-state index contributed by atoms with van der Waals surface area (Å²) in [4.78, 5) is 0. The van der Waals surface area contributed by atoms with Gasteiger partial charge in [-0.2, -0.15) is 0 Å². The van der Waals surface area contributed by atoms with Gasteiger partial charge in [-0.3, -0.25) is 0 Å². The van der Waals surface area contributed by atoms with Gasteiger partial charge in [-0.25, -0.2) is 0 Å². The van der Waals surface area contributed by atoms with E-state index >= 15 is 0 Å². The molecule has 0 saturated heterocycles. The lowest BCUT2D eigenvalue weighted by atomic mass is 10.2. The van der Waals surface area contributed by atoms with E-state index < -0.39 is 0 Å². The van der Waals surface area contributed by atoms with E-state index in [1.165, 1.54) is 25.8 Å². The van der Waals surface area contributed by atoms with Gasteiger partial charge in [0.1, 0.15) is 0 Å². The van der Waals surface area contributed by atoms with E-state index in [2.05, 4.69) is 26.1 Å². The fourth-order valence-corrected chi connectivity index (χ4v) is 0.766. The van der Waals surface area contributed by atoms with E-state index in [9.17, 15) is 0 Å². The number of nitrogens with one attached hydrogen (secondary N) is 1. The van der Waals surface area contributed by atoms with E-state index in [-0.39, 0.29) is 12.4 Å². The molecule has 1 N–H and O–H groups in total. The van der Waals surface area contributed by atoms with Crippen LogP contribution in [0.1, 0.15) is 40.0 Å². The molecular weight excluding hydrogens is 146 g/mol. The van der Waals surface area contributed by atoms with Gasteiger partial charge in [-0.05, 0) is 13.0 Å². The molecule has 0 spiro atoms. The van der Waals surface area contributed by atoms with Crippen LogP contribution in [0, 0.1) is 0 Å². The number of hydrogen-bond acceptors (Lipinski definition) is 1. The molecule has 0 aromatic rings. The summed E-state index contributed by atoms with van der Waals surface area (Å²) in [5, 5.41) is 3.38. The zero-order chi connectivity index (χ0) is 7.11. The van der Waals surface area contributed by atoms with Crippen LogP contribution in [0.15, 0.2) is 0 Å². The van der Waals surface area contributed by atoms with E-state index in [1.807, 2.05) is 0 Å². The first-order valence-corrected chi connectivity index (χ1v) is 4.00. The average Bonchev–Trinajstić information content (AvgIpc) is 1.80. The molecule has 0 unspecified atom stereocenters. The predicted molar refractivity (Wildman–Crippen MR) is 49.9 cm³/mol. The zero-order valence-corrected chi connectivity index (χ0v) is 8.13. The molecule has 0 amide bonds. The smallest absolute Gasteiger partial charge is 0.00103 e. The Morgan fingerprint density at radius 2 is 1.80 bits per heavy atom. The van der Waals surface area contributed by atoms with E-state index in [0.29, 0.717) is 6.04 Å². The van der Waals surface area contributed by atoms with Crippen molar-refractivity contribution in [1.29, 1.82) is 0 Å². The van der Waals surface area contributed by atoms with Crippen LogP contribution in [-0.4, -0.2) is 12.6 Å². The summed E-state index contributed by atoms with van der Waals surface area (Å²) in [5.41, 5.74) is 0. The van der Waals surface area contributed by atoms with Gasteiger partial charge < -0.3 is 5.32 Å². The summed E-state index contributed by atoms with van der Waals surface area (Å²) in [6.45, 7) is 7.79. The lowest BCUT2D eigenvalue weighted by Gasteiger charge is -2.05. The van der Waals surface area contributed by atoms with Crippen LogP contribution >= 0.6 is 12.4 Å². The highest BCUT2D eigenvalue weighted by atomic mass is 35.5. The molecule has 0 heterocycles. The molecule has 0 atom stereocenters. The van der Waals surface area contributed by atoms with Crippen molar-refractivity contribution in [3.8, 4) is 0 Å². The highest BCUT2D eigenvalue weighted by molar-refractivity contribution is 5.85.